The second-order valence-electron chi connectivity index (χ2n) is 6.19. The van der Waals surface area contributed by atoms with Gasteiger partial charge in [0.15, 0.2) is 5.58 Å². The third kappa shape index (κ3) is 3.52. The maximum atomic E-state index is 12.3. The zero-order valence-electron chi connectivity index (χ0n) is 13.5. The maximum Gasteiger partial charge on any atom is 0.230 e. The number of nitrogens with zero attached hydrogens (tertiary/aromatic N) is 1. The van der Waals surface area contributed by atoms with E-state index in [4.69, 9.17) is 4.52 Å². The van der Waals surface area contributed by atoms with Crippen molar-refractivity contribution in [2.45, 2.75) is 19.3 Å². The molecule has 1 aliphatic carbocycles. The molecule has 1 aromatic heterocycles. The number of hydrogen-bond acceptors (Lipinski definition) is 4. The van der Waals surface area contributed by atoms with Crippen molar-refractivity contribution in [2.24, 2.45) is 5.92 Å². The Morgan fingerprint density at radius 2 is 1.80 bits per heavy atom. The fourth-order valence-corrected chi connectivity index (χ4v) is 2.69. The van der Waals surface area contributed by atoms with Gasteiger partial charge in [0, 0.05) is 22.7 Å². The Morgan fingerprint density at radius 3 is 2.60 bits per heavy atom. The Bertz CT molecular complexity index is 944. The molecule has 1 aliphatic rings. The second kappa shape index (κ2) is 6.39. The van der Waals surface area contributed by atoms with Crippen LogP contribution in [0.4, 0.5) is 11.4 Å². The van der Waals surface area contributed by atoms with Crippen LogP contribution in [0, 0.1) is 5.92 Å². The van der Waals surface area contributed by atoms with Crippen molar-refractivity contribution >= 4 is 34.2 Å². The molecule has 0 aliphatic heterocycles. The normalized spacial score (nSPS) is 13.6. The van der Waals surface area contributed by atoms with Crippen LogP contribution in [0.1, 0.15) is 18.5 Å². The molecule has 0 unspecified atom stereocenters. The molecule has 3 aromatic rings. The molecule has 126 valence electrons. The van der Waals surface area contributed by atoms with E-state index in [9.17, 15) is 9.59 Å². The van der Waals surface area contributed by atoms with E-state index in [1.165, 1.54) is 0 Å². The van der Waals surface area contributed by atoms with E-state index in [1.807, 2.05) is 24.3 Å². The summed E-state index contributed by atoms with van der Waals surface area (Å²) in [6.07, 6.45) is 2.03. The summed E-state index contributed by atoms with van der Waals surface area (Å²) in [4.78, 5) is 24.1. The van der Waals surface area contributed by atoms with E-state index in [1.54, 1.807) is 24.3 Å². The molecule has 6 heteroatoms. The smallest absolute Gasteiger partial charge is 0.230 e. The minimum absolute atomic E-state index is 0.0394. The number of fused-ring (bicyclic) bond motifs is 1. The molecule has 4 rings (SSSR count). The Morgan fingerprint density at radius 1 is 1.04 bits per heavy atom. The molecule has 2 N–H and O–H groups in total. The van der Waals surface area contributed by atoms with Crippen LogP contribution in [0.2, 0.25) is 0 Å². The van der Waals surface area contributed by atoms with Crippen LogP contribution < -0.4 is 10.6 Å². The van der Waals surface area contributed by atoms with Crippen molar-refractivity contribution < 1.29 is 14.1 Å². The van der Waals surface area contributed by atoms with Crippen molar-refractivity contribution in [2.75, 3.05) is 10.6 Å². The molecule has 1 fully saturated rings. The van der Waals surface area contributed by atoms with Crippen LogP contribution in [0.5, 0.6) is 0 Å². The summed E-state index contributed by atoms with van der Waals surface area (Å²) in [5.41, 5.74) is 2.58. The lowest BCUT2D eigenvalue weighted by atomic mass is 10.1. The number of carbonyl (C=O) groups is 2. The van der Waals surface area contributed by atoms with Gasteiger partial charge < -0.3 is 15.2 Å². The van der Waals surface area contributed by atoms with Crippen LogP contribution in [0.3, 0.4) is 0 Å². The molecule has 0 radical (unpaired) electrons. The predicted molar refractivity (Wildman–Crippen MR) is 94.1 cm³/mol. The molecule has 0 spiro atoms. The number of aromatic nitrogens is 1. The van der Waals surface area contributed by atoms with E-state index in [0.717, 1.165) is 18.2 Å². The van der Waals surface area contributed by atoms with Crippen molar-refractivity contribution in [1.29, 1.82) is 0 Å². The first-order chi connectivity index (χ1) is 12.2. The number of anilines is 2. The molecule has 1 heterocycles. The quantitative estimate of drug-likeness (QED) is 0.749. The summed E-state index contributed by atoms with van der Waals surface area (Å²) in [6, 6.07) is 14.6. The van der Waals surface area contributed by atoms with Gasteiger partial charge in [0.05, 0.1) is 6.42 Å². The maximum absolute atomic E-state index is 12.3. The zero-order chi connectivity index (χ0) is 17.2. The van der Waals surface area contributed by atoms with Crippen molar-refractivity contribution in [3.8, 4) is 0 Å². The fraction of sp³-hybridized carbons (Fsp3) is 0.211. The van der Waals surface area contributed by atoms with E-state index in [-0.39, 0.29) is 24.2 Å². The molecule has 1 saturated carbocycles. The third-order valence-corrected chi connectivity index (χ3v) is 4.14. The Balaban J connectivity index is 1.42. The third-order valence-electron chi connectivity index (χ3n) is 4.14. The first kappa shape index (κ1) is 15.4. The second-order valence-corrected chi connectivity index (χ2v) is 6.19. The molecule has 0 saturated heterocycles. The SMILES string of the molecule is O=C(Cc1noc2ccccc12)Nc1cccc(NC(=O)C2CC2)c1. The Hall–Kier alpha value is -3.15. The van der Waals surface area contributed by atoms with Gasteiger partial charge in [-0.05, 0) is 43.2 Å². The van der Waals surface area contributed by atoms with Gasteiger partial charge in [-0.15, -0.1) is 0 Å². The molecule has 2 aromatic carbocycles. The van der Waals surface area contributed by atoms with Gasteiger partial charge in [-0.2, -0.15) is 0 Å². The number of carbonyl (C=O) groups excluding carboxylic acids is 2. The zero-order valence-corrected chi connectivity index (χ0v) is 13.5. The van der Waals surface area contributed by atoms with Gasteiger partial charge in [0.25, 0.3) is 0 Å². The summed E-state index contributed by atoms with van der Waals surface area (Å²) in [5, 5.41) is 10.5. The Labute approximate surface area is 144 Å². The average molecular weight is 335 g/mol. The lowest BCUT2D eigenvalue weighted by molar-refractivity contribution is -0.117. The number of hydrogen-bond donors (Lipinski definition) is 2. The summed E-state index contributed by atoms with van der Waals surface area (Å²) >= 11 is 0. The molecule has 0 bridgehead atoms. The van der Waals surface area contributed by atoms with Crippen LogP contribution in [-0.2, 0) is 16.0 Å². The van der Waals surface area contributed by atoms with Gasteiger partial charge in [-0.25, -0.2) is 0 Å². The van der Waals surface area contributed by atoms with Gasteiger partial charge in [0.1, 0.15) is 5.69 Å². The average Bonchev–Trinajstić information content (AvgIpc) is 3.38. The molecule has 25 heavy (non-hydrogen) atoms. The van der Waals surface area contributed by atoms with Crippen LogP contribution >= 0.6 is 0 Å². The van der Waals surface area contributed by atoms with E-state index >= 15 is 0 Å². The summed E-state index contributed by atoms with van der Waals surface area (Å²) < 4.78 is 5.21. The first-order valence-electron chi connectivity index (χ1n) is 8.23. The predicted octanol–water partition coefficient (Wildman–Crippen LogP) is 3.36. The Kier molecular flexibility index (Phi) is 3.93. The highest BCUT2D eigenvalue weighted by atomic mass is 16.5. The minimum Gasteiger partial charge on any atom is -0.356 e. The highest BCUT2D eigenvalue weighted by Crippen LogP contribution is 2.30. The fourth-order valence-electron chi connectivity index (χ4n) is 2.69. The lowest BCUT2D eigenvalue weighted by Crippen LogP contribution is -2.16. The number of para-hydroxylation sites is 1. The van der Waals surface area contributed by atoms with Crippen LogP contribution in [-0.4, -0.2) is 17.0 Å². The van der Waals surface area contributed by atoms with Crippen molar-refractivity contribution in [3.05, 3.63) is 54.2 Å². The number of amides is 2. The monoisotopic (exact) mass is 335 g/mol. The van der Waals surface area contributed by atoms with Crippen LogP contribution in [0.15, 0.2) is 53.1 Å². The number of rotatable bonds is 5. The van der Waals surface area contributed by atoms with Gasteiger partial charge in [-0.3, -0.25) is 9.59 Å². The van der Waals surface area contributed by atoms with Gasteiger partial charge in [-0.1, -0.05) is 23.4 Å². The summed E-state index contributed by atoms with van der Waals surface area (Å²) in [7, 11) is 0. The summed E-state index contributed by atoms with van der Waals surface area (Å²) in [5.74, 6) is -0.0130. The van der Waals surface area contributed by atoms with E-state index in [0.29, 0.717) is 22.7 Å². The largest absolute Gasteiger partial charge is 0.356 e. The first-order valence-corrected chi connectivity index (χ1v) is 8.23. The highest BCUT2D eigenvalue weighted by molar-refractivity contribution is 5.97. The lowest BCUT2D eigenvalue weighted by Gasteiger charge is -2.08. The summed E-state index contributed by atoms with van der Waals surface area (Å²) in [6.45, 7) is 0. The molecular formula is C19H17N3O3. The van der Waals surface area contributed by atoms with Crippen molar-refractivity contribution in [1.82, 2.24) is 5.16 Å². The standard InChI is InChI=1S/C19H17N3O3/c23-18(11-16-15-6-1-2-7-17(15)25-22-16)20-13-4-3-5-14(10-13)21-19(24)12-8-9-12/h1-7,10,12H,8-9,11H2,(H,20,23)(H,21,24). The molecule has 0 atom stereocenters. The minimum atomic E-state index is -0.190. The van der Waals surface area contributed by atoms with Gasteiger partial charge in [0.2, 0.25) is 11.8 Å². The van der Waals surface area contributed by atoms with E-state index < -0.39 is 0 Å². The topological polar surface area (TPSA) is 84.2 Å². The molecule has 6 nitrogen and oxygen atoms in total. The highest BCUT2D eigenvalue weighted by Gasteiger charge is 2.29. The van der Waals surface area contributed by atoms with E-state index in [2.05, 4.69) is 15.8 Å². The van der Waals surface area contributed by atoms with Crippen molar-refractivity contribution in [3.63, 3.8) is 0 Å². The molecule has 2 amide bonds. The number of benzene rings is 2. The number of nitrogens with one attached hydrogen (secondary N) is 2. The van der Waals surface area contributed by atoms with Crippen LogP contribution in [0.25, 0.3) is 11.0 Å². The van der Waals surface area contributed by atoms with Gasteiger partial charge >= 0.3 is 0 Å². The molecular weight excluding hydrogens is 318 g/mol.